The van der Waals surface area contributed by atoms with Gasteiger partial charge in [0.1, 0.15) is 11.2 Å². The third-order valence-corrected chi connectivity index (χ3v) is 18.1. The van der Waals surface area contributed by atoms with E-state index in [1.54, 1.807) is 0 Å². The molecule has 0 aliphatic heterocycles. The lowest BCUT2D eigenvalue weighted by atomic mass is 9.70. The van der Waals surface area contributed by atoms with Gasteiger partial charge in [-0.1, -0.05) is 204 Å². The summed E-state index contributed by atoms with van der Waals surface area (Å²) in [5.41, 5.74) is 23.3. The highest BCUT2D eigenvalue weighted by Crippen LogP contribution is 2.66. The molecule has 3 nitrogen and oxygen atoms in total. The molecule has 1 spiro atoms. The van der Waals surface area contributed by atoms with E-state index in [1.807, 2.05) is 0 Å². The monoisotopic (exact) mass is 1060 g/mol. The van der Waals surface area contributed by atoms with Gasteiger partial charge >= 0.3 is 0 Å². The molecular weight excluding hydrogens is 993 g/mol. The summed E-state index contributed by atoms with van der Waals surface area (Å²) >= 11 is 0. The lowest BCUT2D eigenvalue weighted by molar-refractivity contribution is 0.590. The van der Waals surface area contributed by atoms with Crippen molar-refractivity contribution in [3.05, 3.63) is 263 Å². The quantitative estimate of drug-likeness (QED) is 0.165. The Labute approximate surface area is 484 Å². The Morgan fingerprint density at radius 3 is 1.26 bits per heavy atom. The van der Waals surface area contributed by atoms with Crippen molar-refractivity contribution in [3.63, 3.8) is 0 Å². The van der Waals surface area contributed by atoms with Crippen LogP contribution in [0.5, 0.6) is 0 Å². The number of fused-ring (bicyclic) bond motifs is 17. The number of furan rings is 1. The van der Waals surface area contributed by atoms with E-state index in [4.69, 9.17) is 4.42 Å². The molecule has 12 aromatic rings. The molecule has 82 heavy (non-hydrogen) atoms. The summed E-state index contributed by atoms with van der Waals surface area (Å²) < 4.78 is 6.90. The second-order valence-corrected chi connectivity index (χ2v) is 27.4. The first kappa shape index (κ1) is 51.5. The minimum absolute atomic E-state index is 0.00860. The van der Waals surface area contributed by atoms with Crippen molar-refractivity contribution in [1.29, 1.82) is 0 Å². The Morgan fingerprint density at radius 1 is 0.305 bits per heavy atom. The molecule has 0 fully saturated rings. The van der Waals surface area contributed by atoms with Crippen LogP contribution in [0.15, 0.2) is 223 Å². The molecule has 0 radical (unpaired) electrons. The highest BCUT2D eigenvalue weighted by molar-refractivity contribution is 6.27. The predicted octanol–water partition coefficient (Wildman–Crippen LogP) is 22.4. The van der Waals surface area contributed by atoms with Gasteiger partial charge in [0, 0.05) is 50.0 Å². The van der Waals surface area contributed by atoms with Crippen LogP contribution in [-0.2, 0) is 27.1 Å². The van der Waals surface area contributed by atoms with Gasteiger partial charge in [-0.25, -0.2) is 0 Å². The van der Waals surface area contributed by atoms with Crippen LogP contribution in [0.4, 0.5) is 34.1 Å². The molecule has 0 saturated heterocycles. The maximum Gasteiger partial charge on any atom is 0.136 e. The minimum Gasteiger partial charge on any atom is -0.456 e. The molecule has 0 N–H and O–H groups in total. The third-order valence-electron chi connectivity index (χ3n) is 18.1. The largest absolute Gasteiger partial charge is 0.456 e. The summed E-state index contributed by atoms with van der Waals surface area (Å²) in [7, 11) is 0. The van der Waals surface area contributed by atoms with Gasteiger partial charge in [-0.3, -0.25) is 0 Å². The number of hydrogen-bond donors (Lipinski definition) is 0. The van der Waals surface area contributed by atoms with Crippen LogP contribution in [0.25, 0.3) is 65.7 Å². The molecule has 2 aliphatic carbocycles. The second-order valence-electron chi connectivity index (χ2n) is 27.4. The zero-order valence-electron chi connectivity index (χ0n) is 49.6. The molecule has 0 bridgehead atoms. The van der Waals surface area contributed by atoms with Gasteiger partial charge < -0.3 is 14.2 Å². The van der Waals surface area contributed by atoms with Gasteiger partial charge in [0.15, 0.2) is 0 Å². The first-order chi connectivity index (χ1) is 39.2. The van der Waals surface area contributed by atoms with E-state index in [-0.39, 0.29) is 21.7 Å². The van der Waals surface area contributed by atoms with Gasteiger partial charge in [-0.2, -0.15) is 0 Å². The van der Waals surface area contributed by atoms with Gasteiger partial charge in [-0.05, 0) is 196 Å². The Kier molecular flexibility index (Phi) is 11.4. The molecule has 0 unspecified atom stereocenters. The van der Waals surface area contributed by atoms with Crippen LogP contribution >= 0.6 is 0 Å². The number of rotatable bonds is 6. The third kappa shape index (κ3) is 7.98. The van der Waals surface area contributed by atoms with Crippen LogP contribution in [0.2, 0.25) is 0 Å². The number of anilines is 6. The standard InChI is InChI=1S/C79H72N2O/c1-75(2,3)51-26-35-55(36-27-51)80(56-37-28-52(29-38-56)76(4,5)6)59-34-25-49-46-64-67(47-50(49)45-59)79(65-22-16-13-19-60(65)61-20-14-17-23-66(61)79)68-48-69(62-43-44-71-73(74(62)72(64)68)63-21-15-18-24-70(63)82-71)81(57-39-30-53(31-40-57)77(7,8)9)58-41-32-54(33-42-58)78(10,11)12/h13-48H,1-12H3. The van der Waals surface area contributed by atoms with Crippen molar-refractivity contribution >= 4 is 77.6 Å². The van der Waals surface area contributed by atoms with Crippen molar-refractivity contribution in [1.82, 2.24) is 0 Å². The Bertz CT molecular complexity index is 4350. The van der Waals surface area contributed by atoms with Gasteiger partial charge in [0.2, 0.25) is 0 Å². The fourth-order valence-electron chi connectivity index (χ4n) is 13.7. The van der Waals surface area contributed by atoms with E-state index >= 15 is 0 Å². The molecule has 14 rings (SSSR count). The molecule has 0 saturated carbocycles. The van der Waals surface area contributed by atoms with Gasteiger partial charge in [0.25, 0.3) is 0 Å². The number of para-hydroxylation sites is 1. The average molecular weight is 1070 g/mol. The van der Waals surface area contributed by atoms with Crippen molar-refractivity contribution in [2.45, 2.75) is 110 Å². The Hall–Kier alpha value is -8.66. The Morgan fingerprint density at radius 2 is 0.756 bits per heavy atom. The van der Waals surface area contributed by atoms with Crippen LogP contribution in [0.3, 0.4) is 0 Å². The SMILES string of the molecule is CC(C)(C)c1ccc(N(c2ccc(C(C)(C)C)cc2)c2ccc3cc4c(cc3c2)C2(c3ccccc3-c3ccccc32)c2cc(N(c3ccc(C(C)(C)C)cc3)c3ccc(C(C)(C)C)cc3)c3ccc5oc6ccccc6c5c3c2-4)cc1. The zero-order valence-corrected chi connectivity index (χ0v) is 49.6. The van der Waals surface area contributed by atoms with E-state index < -0.39 is 5.41 Å². The number of benzene rings is 11. The van der Waals surface area contributed by atoms with Crippen molar-refractivity contribution in [3.8, 4) is 22.3 Å². The van der Waals surface area contributed by atoms with Gasteiger partial charge in [-0.15, -0.1) is 0 Å². The molecule has 1 heterocycles. The Balaban J connectivity index is 1.09. The molecule has 0 amide bonds. The van der Waals surface area contributed by atoms with E-state index in [0.29, 0.717) is 0 Å². The summed E-state index contributed by atoms with van der Waals surface area (Å²) in [4.78, 5) is 4.96. The molecule has 1 aromatic heterocycles. The number of hydrogen-bond acceptors (Lipinski definition) is 3. The van der Waals surface area contributed by atoms with Crippen LogP contribution in [0.1, 0.15) is 128 Å². The summed E-state index contributed by atoms with van der Waals surface area (Å²) in [6.45, 7) is 27.5. The molecule has 0 atom stereocenters. The van der Waals surface area contributed by atoms with Gasteiger partial charge in [0.05, 0.1) is 11.1 Å². The van der Waals surface area contributed by atoms with Crippen molar-refractivity contribution in [2.75, 3.05) is 9.80 Å². The van der Waals surface area contributed by atoms with E-state index in [2.05, 4.69) is 311 Å². The molecule has 2 aliphatic rings. The zero-order chi connectivity index (χ0) is 56.8. The van der Waals surface area contributed by atoms with E-state index in [0.717, 1.165) is 56.1 Å². The maximum atomic E-state index is 6.90. The first-order valence-electron chi connectivity index (χ1n) is 29.4. The van der Waals surface area contributed by atoms with Crippen LogP contribution < -0.4 is 9.80 Å². The van der Waals surface area contributed by atoms with Crippen molar-refractivity contribution in [2.24, 2.45) is 0 Å². The lowest BCUT2D eigenvalue weighted by Crippen LogP contribution is -2.26. The fraction of sp³-hybridized carbons (Fsp3) is 0.215. The summed E-state index contributed by atoms with van der Waals surface area (Å²) in [5.74, 6) is 0. The molecule has 404 valence electrons. The highest BCUT2D eigenvalue weighted by Gasteiger charge is 2.53. The maximum absolute atomic E-state index is 6.90. The normalized spacial score (nSPS) is 13.7. The number of nitrogens with zero attached hydrogens (tertiary/aromatic N) is 2. The molecular formula is C79H72N2O. The van der Waals surface area contributed by atoms with E-state index in [9.17, 15) is 0 Å². The lowest BCUT2D eigenvalue weighted by Gasteiger charge is -2.33. The van der Waals surface area contributed by atoms with E-state index in [1.165, 1.54) is 88.3 Å². The summed E-state index contributed by atoms with van der Waals surface area (Å²) in [5, 5.41) is 7.01. The van der Waals surface area contributed by atoms with Crippen LogP contribution in [-0.4, -0.2) is 0 Å². The summed E-state index contributed by atoms with van der Waals surface area (Å²) in [6, 6.07) is 83.4. The summed E-state index contributed by atoms with van der Waals surface area (Å²) in [6.07, 6.45) is 0. The smallest absolute Gasteiger partial charge is 0.136 e. The van der Waals surface area contributed by atoms with Crippen LogP contribution in [0, 0.1) is 0 Å². The topological polar surface area (TPSA) is 19.6 Å². The average Bonchev–Trinajstić information content (AvgIpc) is 3.46. The fourth-order valence-corrected chi connectivity index (χ4v) is 13.7. The minimum atomic E-state index is -0.685. The second kappa shape index (κ2) is 18.2. The molecule has 11 aromatic carbocycles. The van der Waals surface area contributed by atoms with Crippen molar-refractivity contribution < 1.29 is 4.42 Å². The highest BCUT2D eigenvalue weighted by atomic mass is 16.3. The predicted molar refractivity (Wildman–Crippen MR) is 349 cm³/mol. The molecule has 3 heteroatoms. The first-order valence-corrected chi connectivity index (χ1v) is 29.4.